The fraction of sp³-hybridized carbons (Fsp3) is 0.333. The van der Waals surface area contributed by atoms with Crippen LogP contribution in [0.25, 0.3) is 34.4 Å². The maximum atomic E-state index is 2.67. The molecule has 4 aromatic rings. The topological polar surface area (TPSA) is 0 Å². The molecule has 0 aliphatic heterocycles. The number of fused-ring (bicyclic) bond motifs is 2. The molecule has 2 unspecified atom stereocenters. The molecule has 2 atom stereocenters. The van der Waals surface area contributed by atoms with E-state index in [2.05, 4.69) is 166 Å². The predicted molar refractivity (Wildman–Crippen MR) is 193 cm³/mol. The summed E-state index contributed by atoms with van der Waals surface area (Å²) in [6.45, 7) is 24.1. The van der Waals surface area contributed by atoms with E-state index in [1.54, 1.807) is 22.3 Å². The Labute approximate surface area is 299 Å². The van der Waals surface area contributed by atoms with Gasteiger partial charge in [0.2, 0.25) is 0 Å². The van der Waals surface area contributed by atoms with Crippen LogP contribution < -0.4 is 24.8 Å². The van der Waals surface area contributed by atoms with Crippen molar-refractivity contribution in [3.05, 3.63) is 129 Å². The van der Waals surface area contributed by atoms with Crippen LogP contribution in [0, 0.1) is 0 Å². The number of hydrogen-bond acceptors (Lipinski definition) is 0. The fourth-order valence-electron chi connectivity index (χ4n) is 7.63. The van der Waals surface area contributed by atoms with Crippen LogP contribution in [0.5, 0.6) is 0 Å². The quantitative estimate of drug-likeness (QED) is 0.226. The fourth-order valence-corrected chi connectivity index (χ4v) is 30.8. The second-order valence-corrected chi connectivity index (χ2v) is 35.6. The minimum Gasteiger partial charge on any atom is -1.00 e. The molecule has 239 valence electrons. The standard InChI is InChI=1S/2C20H21.C2H7Si.2ClH.Zr/c2*1-14-11-15-8-6-10-18(19(15)12-14)16-7-5-9-17(13-16)20(2,3)4;1-3-2;;;/h2*5-13H,1-4H3;3H,1-2H3;2*1H;/q;;;;;+2/p-2. The Morgan fingerprint density at radius 2 is 0.913 bits per heavy atom. The van der Waals surface area contributed by atoms with Crippen molar-refractivity contribution in [3.63, 3.8) is 0 Å². The van der Waals surface area contributed by atoms with E-state index in [0.717, 1.165) is 0 Å². The van der Waals surface area contributed by atoms with Crippen molar-refractivity contribution in [1.82, 2.24) is 0 Å². The maximum absolute atomic E-state index is 2.67. The van der Waals surface area contributed by atoms with E-state index in [9.17, 15) is 0 Å². The van der Waals surface area contributed by atoms with Crippen LogP contribution in [0.4, 0.5) is 0 Å². The molecular formula is C42H49Cl2SiZr. The molecule has 2 aliphatic carbocycles. The van der Waals surface area contributed by atoms with E-state index >= 15 is 0 Å². The number of halogens is 2. The molecule has 0 fully saturated rings. The summed E-state index contributed by atoms with van der Waals surface area (Å²) in [7, 11) is 0. The van der Waals surface area contributed by atoms with Crippen LogP contribution in [0.1, 0.15) is 96.0 Å². The van der Waals surface area contributed by atoms with Crippen LogP contribution in [0.15, 0.2) is 96.1 Å². The monoisotopic (exact) mass is 741 g/mol. The van der Waals surface area contributed by atoms with Crippen molar-refractivity contribution < 1.29 is 45.7 Å². The third kappa shape index (κ3) is 6.80. The minimum atomic E-state index is -2.10. The third-order valence-corrected chi connectivity index (χ3v) is 32.1. The van der Waals surface area contributed by atoms with Gasteiger partial charge in [-0.2, -0.15) is 0 Å². The summed E-state index contributed by atoms with van der Waals surface area (Å²) in [6.07, 6.45) is 5.14. The first-order valence-corrected chi connectivity index (χ1v) is 26.4. The molecule has 0 saturated heterocycles. The van der Waals surface area contributed by atoms with Crippen LogP contribution in [0.3, 0.4) is 0 Å². The van der Waals surface area contributed by atoms with Crippen molar-refractivity contribution in [1.29, 1.82) is 0 Å². The Morgan fingerprint density at radius 1 is 0.543 bits per heavy atom. The largest absolute Gasteiger partial charge is 1.00 e. The Hall–Kier alpha value is -1.96. The summed E-state index contributed by atoms with van der Waals surface area (Å²) in [5.41, 5.74) is 18.1. The van der Waals surface area contributed by atoms with E-state index < -0.39 is 26.8 Å². The van der Waals surface area contributed by atoms with Crippen molar-refractivity contribution in [2.45, 2.75) is 86.6 Å². The van der Waals surface area contributed by atoms with Crippen LogP contribution in [0.2, 0.25) is 13.1 Å². The number of rotatable bonds is 5. The van der Waals surface area contributed by atoms with Gasteiger partial charge in [-0.3, -0.25) is 0 Å². The zero-order chi connectivity index (χ0) is 31.6. The molecule has 46 heavy (non-hydrogen) atoms. The third-order valence-electron chi connectivity index (χ3n) is 9.97. The molecular weight excluding hydrogens is 695 g/mol. The van der Waals surface area contributed by atoms with Crippen molar-refractivity contribution in [3.8, 4) is 22.3 Å². The first kappa shape index (κ1) is 36.9. The summed E-state index contributed by atoms with van der Waals surface area (Å²) in [5, 5.41) is 0. The first-order valence-electron chi connectivity index (χ1n) is 16.5. The van der Waals surface area contributed by atoms with E-state index in [1.807, 2.05) is 0 Å². The molecule has 0 amide bonds. The van der Waals surface area contributed by atoms with Crippen molar-refractivity contribution in [2.75, 3.05) is 0 Å². The van der Waals surface area contributed by atoms with E-state index in [1.165, 1.54) is 44.5 Å². The average molecular weight is 744 g/mol. The van der Waals surface area contributed by atoms with Gasteiger partial charge in [-0.05, 0) is 0 Å². The summed E-state index contributed by atoms with van der Waals surface area (Å²) in [4.78, 5) is 0. The molecule has 0 N–H and O–H groups in total. The Bertz CT molecular complexity index is 1670. The van der Waals surface area contributed by atoms with E-state index in [0.29, 0.717) is 7.25 Å². The summed E-state index contributed by atoms with van der Waals surface area (Å²) >= 11 is -2.10. The average Bonchev–Trinajstić information content (AvgIpc) is 3.48. The Morgan fingerprint density at radius 3 is 1.26 bits per heavy atom. The molecule has 6 rings (SSSR count). The second-order valence-electron chi connectivity index (χ2n) is 15.6. The summed E-state index contributed by atoms with van der Waals surface area (Å²) in [6, 6.07) is 32.9. The van der Waals surface area contributed by atoms with Gasteiger partial charge in [-0.1, -0.05) is 0 Å². The zero-order valence-electron chi connectivity index (χ0n) is 29.2. The van der Waals surface area contributed by atoms with Gasteiger partial charge in [0.25, 0.3) is 0 Å². The van der Waals surface area contributed by atoms with E-state index in [-0.39, 0.29) is 35.6 Å². The van der Waals surface area contributed by atoms with Crippen LogP contribution in [-0.2, 0) is 31.7 Å². The van der Waals surface area contributed by atoms with Gasteiger partial charge >= 0.3 is 277 Å². The molecule has 0 saturated carbocycles. The van der Waals surface area contributed by atoms with Gasteiger partial charge < -0.3 is 24.8 Å². The molecule has 4 aromatic carbocycles. The van der Waals surface area contributed by atoms with E-state index in [4.69, 9.17) is 0 Å². The van der Waals surface area contributed by atoms with Crippen LogP contribution in [-0.4, -0.2) is 5.92 Å². The molecule has 0 bridgehead atoms. The molecule has 0 heterocycles. The molecule has 0 spiro atoms. The van der Waals surface area contributed by atoms with Gasteiger partial charge in [0.1, 0.15) is 0 Å². The number of allylic oxidation sites excluding steroid dienone is 2. The summed E-state index contributed by atoms with van der Waals surface area (Å²) < 4.78 is 1.30. The van der Waals surface area contributed by atoms with Gasteiger partial charge in [-0.25, -0.2) is 0 Å². The van der Waals surface area contributed by atoms with Gasteiger partial charge in [0, 0.05) is 0 Å². The zero-order valence-corrected chi connectivity index (χ0v) is 34.4. The Kier molecular flexibility index (Phi) is 11.1. The molecule has 0 radical (unpaired) electrons. The van der Waals surface area contributed by atoms with Gasteiger partial charge in [0.15, 0.2) is 0 Å². The van der Waals surface area contributed by atoms with Gasteiger partial charge in [-0.15, -0.1) is 0 Å². The van der Waals surface area contributed by atoms with Crippen molar-refractivity contribution >= 4 is 18.1 Å². The minimum absolute atomic E-state index is 0. The maximum Gasteiger partial charge on any atom is -1.00 e. The Balaban J connectivity index is 0.00000240. The van der Waals surface area contributed by atoms with Crippen molar-refractivity contribution in [2.24, 2.45) is 0 Å². The normalized spacial score (nSPS) is 17.0. The summed E-state index contributed by atoms with van der Waals surface area (Å²) in [5.74, 6) is -0.912. The molecule has 0 aromatic heterocycles. The predicted octanol–water partition coefficient (Wildman–Crippen LogP) is 5.84. The molecule has 4 heteroatoms. The number of hydrogen-bond donors (Lipinski definition) is 0. The second kappa shape index (κ2) is 13.9. The SMILES string of the molecule is CC1=Cc2c(-c3cccc(C(C)(C)C)c3)cccc2[CH]1[Zr+2]([CH]1C(C)=Cc2c(-c3cccc(C(C)(C)C)c3)cccc21)[SiH](C)C.[Cl-].[Cl-]. The van der Waals surface area contributed by atoms with Gasteiger partial charge in [0.05, 0.1) is 0 Å². The smallest absolute Gasteiger partial charge is 1.00 e. The molecule has 2 aliphatic rings. The first-order chi connectivity index (χ1) is 20.8. The van der Waals surface area contributed by atoms with Crippen LogP contribution >= 0.6 is 0 Å². The molecule has 0 nitrogen and oxygen atoms in total. The number of benzene rings is 4.